The molecule has 0 fully saturated rings. The maximum absolute atomic E-state index is 5.13. The van der Waals surface area contributed by atoms with E-state index in [1.807, 2.05) is 30.3 Å². The molecule has 2 heterocycles. The number of hydrogen-bond acceptors (Lipinski definition) is 2. The number of hydrogen-bond donors (Lipinski definition) is 0. The zero-order valence-electron chi connectivity index (χ0n) is 32.7. The van der Waals surface area contributed by atoms with Crippen LogP contribution in [0.1, 0.15) is 25.0 Å². The van der Waals surface area contributed by atoms with Crippen LogP contribution >= 0.6 is 0 Å². The van der Waals surface area contributed by atoms with Crippen LogP contribution in [0.25, 0.3) is 83.6 Å². The van der Waals surface area contributed by atoms with E-state index in [1.165, 1.54) is 38.6 Å². The Labute approximate surface area is 359 Å². The van der Waals surface area contributed by atoms with Crippen LogP contribution in [0, 0.1) is 12.1 Å². The molecule has 4 heteroatoms. The molecule has 285 valence electrons. The van der Waals surface area contributed by atoms with Gasteiger partial charge in [0, 0.05) is 31.2 Å². The Morgan fingerprint density at radius 3 is 1.97 bits per heavy atom. The van der Waals surface area contributed by atoms with Gasteiger partial charge in [-0.25, -0.2) is 0 Å². The number of aromatic nitrogens is 3. The van der Waals surface area contributed by atoms with Crippen molar-refractivity contribution in [1.29, 1.82) is 0 Å². The molecule has 3 nitrogen and oxygen atoms in total. The summed E-state index contributed by atoms with van der Waals surface area (Å²) in [4.78, 5) is 10.1. The van der Waals surface area contributed by atoms with Crippen molar-refractivity contribution in [2.75, 3.05) is 0 Å². The van der Waals surface area contributed by atoms with Crippen molar-refractivity contribution >= 4 is 21.8 Å². The van der Waals surface area contributed by atoms with Crippen molar-refractivity contribution in [2.45, 2.75) is 19.3 Å². The Morgan fingerprint density at radius 2 is 1.17 bits per heavy atom. The summed E-state index contributed by atoms with van der Waals surface area (Å²) in [6, 6.07) is 76.5. The van der Waals surface area contributed by atoms with Gasteiger partial charge in [0.2, 0.25) is 0 Å². The van der Waals surface area contributed by atoms with Gasteiger partial charge in [0.1, 0.15) is 0 Å². The second kappa shape index (κ2) is 15.9. The van der Waals surface area contributed by atoms with Crippen molar-refractivity contribution in [3.8, 4) is 61.8 Å². The molecule has 0 amide bonds. The first-order chi connectivity index (χ1) is 28.5. The molecule has 0 spiro atoms. The Kier molecular flexibility index (Phi) is 10.2. The van der Waals surface area contributed by atoms with Gasteiger partial charge in [-0.1, -0.05) is 165 Å². The van der Waals surface area contributed by atoms with Gasteiger partial charge in [-0.2, -0.15) is 0 Å². The summed E-state index contributed by atoms with van der Waals surface area (Å²) in [6.07, 6.45) is 0. The maximum atomic E-state index is 5.13. The van der Waals surface area contributed by atoms with Crippen LogP contribution in [0.15, 0.2) is 200 Å². The first-order valence-electron chi connectivity index (χ1n) is 19.7. The van der Waals surface area contributed by atoms with E-state index in [1.54, 1.807) is 0 Å². The standard InChI is InChI=1S/C30H22N.C25H17N2.Ir/c1-30(2)26-15-9-8-14-24(26)25-18-22(16-17-27(25)30)28-19-21-12-6-7-13-23(21)29(31-28)20-10-4-3-5-11-20;1-3-10-19(11-4-1)20-12-9-13-21(18-20)25-26-23-16-7-8-17-24(23)27(25)22-14-5-2-6-15-22;/h3-15,17-19H,1-2H3;1-12,14-18H;/q2*-1;. The molecule has 1 radical (unpaired) electrons. The largest absolute Gasteiger partial charge is 0.333 e. The van der Waals surface area contributed by atoms with E-state index >= 15 is 0 Å². The van der Waals surface area contributed by atoms with Crippen LogP contribution in [-0.4, -0.2) is 14.5 Å². The predicted octanol–water partition coefficient (Wildman–Crippen LogP) is 13.8. The van der Waals surface area contributed by atoms with E-state index in [2.05, 4.69) is 200 Å². The Morgan fingerprint density at radius 1 is 0.508 bits per heavy atom. The molecule has 11 rings (SSSR count). The third-order valence-corrected chi connectivity index (χ3v) is 11.3. The normalized spacial score (nSPS) is 12.2. The van der Waals surface area contributed by atoms with Crippen molar-refractivity contribution in [3.05, 3.63) is 223 Å². The minimum absolute atomic E-state index is 0. The number of fused-ring (bicyclic) bond motifs is 5. The molecule has 0 unspecified atom stereocenters. The van der Waals surface area contributed by atoms with Gasteiger partial charge in [-0.05, 0) is 63.0 Å². The quantitative estimate of drug-likeness (QED) is 0.161. The van der Waals surface area contributed by atoms with E-state index in [0.717, 1.165) is 56.2 Å². The molecular weight excluding hydrogens is 895 g/mol. The number of nitrogens with zero attached hydrogens (tertiary/aromatic N) is 3. The summed E-state index contributed by atoms with van der Waals surface area (Å²) in [5, 5.41) is 2.37. The van der Waals surface area contributed by atoms with Crippen molar-refractivity contribution < 1.29 is 20.1 Å². The third kappa shape index (κ3) is 7.01. The summed E-state index contributed by atoms with van der Waals surface area (Å²) in [5.41, 5.74) is 16.0. The van der Waals surface area contributed by atoms with Gasteiger partial charge >= 0.3 is 0 Å². The van der Waals surface area contributed by atoms with Gasteiger partial charge in [0.25, 0.3) is 0 Å². The third-order valence-electron chi connectivity index (χ3n) is 11.3. The summed E-state index contributed by atoms with van der Waals surface area (Å²) < 4.78 is 2.20. The molecule has 0 saturated carbocycles. The number of benzene rings is 8. The minimum atomic E-state index is -0.00698. The maximum Gasteiger partial charge on any atom is 0.0774 e. The van der Waals surface area contributed by atoms with E-state index in [0.29, 0.717) is 0 Å². The van der Waals surface area contributed by atoms with Crippen LogP contribution in [0.4, 0.5) is 0 Å². The average molecular weight is 934 g/mol. The van der Waals surface area contributed by atoms with Crippen molar-refractivity contribution in [1.82, 2.24) is 14.5 Å². The zero-order valence-corrected chi connectivity index (χ0v) is 35.1. The van der Waals surface area contributed by atoms with Crippen LogP contribution in [-0.2, 0) is 25.5 Å². The van der Waals surface area contributed by atoms with E-state index in [-0.39, 0.29) is 25.5 Å². The first-order valence-corrected chi connectivity index (χ1v) is 19.7. The molecule has 8 aromatic carbocycles. The molecule has 2 aromatic heterocycles. The fraction of sp³-hybridized carbons (Fsp3) is 0.0545. The molecular formula is C55H39IrN3-2. The fourth-order valence-corrected chi connectivity index (χ4v) is 8.39. The fourth-order valence-electron chi connectivity index (χ4n) is 8.39. The van der Waals surface area contributed by atoms with Crippen molar-refractivity contribution in [2.24, 2.45) is 0 Å². The van der Waals surface area contributed by atoms with Gasteiger partial charge in [0.05, 0.1) is 22.6 Å². The molecule has 59 heavy (non-hydrogen) atoms. The van der Waals surface area contributed by atoms with Crippen LogP contribution in [0.2, 0.25) is 0 Å². The number of imidazole rings is 1. The number of pyridine rings is 1. The van der Waals surface area contributed by atoms with E-state index in [9.17, 15) is 0 Å². The summed E-state index contributed by atoms with van der Waals surface area (Å²) >= 11 is 0. The van der Waals surface area contributed by atoms with Crippen LogP contribution in [0.3, 0.4) is 0 Å². The molecule has 0 aliphatic heterocycles. The molecule has 0 saturated heterocycles. The van der Waals surface area contributed by atoms with Gasteiger partial charge in [-0.15, -0.1) is 64.7 Å². The molecule has 1 aliphatic rings. The number of rotatable bonds is 5. The Bertz CT molecular complexity index is 3080. The zero-order chi connectivity index (χ0) is 39.1. The smallest absolute Gasteiger partial charge is 0.0774 e. The second-order valence-corrected chi connectivity index (χ2v) is 15.2. The second-order valence-electron chi connectivity index (χ2n) is 15.2. The molecule has 10 aromatic rings. The summed E-state index contributed by atoms with van der Waals surface area (Å²) in [5.74, 6) is 0.903. The predicted molar refractivity (Wildman–Crippen MR) is 240 cm³/mol. The SMILES string of the molecule is CC1(C)c2c[c-]c(-c3cc4ccccc4c(-c4ccccc4)n3)cc2-c2ccccc21.[Ir].[c-]1ccc(-c2ccccc2)cc1-c1nc2ccccc2n1-c1ccccc1. The summed E-state index contributed by atoms with van der Waals surface area (Å²) in [7, 11) is 0. The van der Waals surface area contributed by atoms with Crippen molar-refractivity contribution in [3.63, 3.8) is 0 Å². The first kappa shape index (κ1) is 37.8. The van der Waals surface area contributed by atoms with Gasteiger partial charge < -0.3 is 4.57 Å². The molecule has 1 aliphatic carbocycles. The van der Waals surface area contributed by atoms with Crippen LogP contribution < -0.4 is 0 Å². The minimum Gasteiger partial charge on any atom is -0.333 e. The summed E-state index contributed by atoms with van der Waals surface area (Å²) in [6.45, 7) is 4.60. The van der Waals surface area contributed by atoms with Gasteiger partial charge in [0.15, 0.2) is 0 Å². The molecule has 0 N–H and O–H groups in total. The average Bonchev–Trinajstić information content (AvgIpc) is 3.79. The van der Waals surface area contributed by atoms with E-state index in [4.69, 9.17) is 9.97 Å². The van der Waals surface area contributed by atoms with E-state index < -0.39 is 0 Å². The Balaban J connectivity index is 0.000000151. The van der Waals surface area contributed by atoms with Gasteiger partial charge in [-0.3, -0.25) is 9.97 Å². The van der Waals surface area contributed by atoms with Crippen LogP contribution in [0.5, 0.6) is 0 Å². The molecule has 0 atom stereocenters. The molecule has 0 bridgehead atoms. The monoisotopic (exact) mass is 934 g/mol. The topological polar surface area (TPSA) is 30.7 Å². The number of para-hydroxylation sites is 3. The Hall–Kier alpha value is -6.71.